The minimum Gasteiger partial charge on any atom is -0.237 e. The lowest BCUT2D eigenvalue weighted by atomic mass is 10.1. The molecule has 0 N–H and O–H groups in total. The predicted molar refractivity (Wildman–Crippen MR) is 57.7 cm³/mol. The molecule has 1 fully saturated rings. The second-order valence-electron chi connectivity index (χ2n) is 4.32. The maximum absolute atomic E-state index is 6.12. The number of hydrogen-bond acceptors (Lipinski definition) is 2. The third kappa shape index (κ3) is 1.52. The average Bonchev–Trinajstić information content (AvgIpc) is 2.84. The first-order valence-corrected chi connectivity index (χ1v) is 5.48. The first-order valence-electron chi connectivity index (χ1n) is 5.10. The monoisotopic (exact) mass is 210 g/mol. The molecule has 3 heteroatoms. The molecule has 0 unspecified atom stereocenters. The van der Waals surface area contributed by atoms with E-state index in [1.54, 1.807) is 0 Å². The molecule has 14 heavy (non-hydrogen) atoms. The summed E-state index contributed by atoms with van der Waals surface area (Å²) in [6.45, 7) is 6.29. The fourth-order valence-corrected chi connectivity index (χ4v) is 1.99. The lowest BCUT2D eigenvalue weighted by Gasteiger charge is -2.11. The van der Waals surface area contributed by atoms with E-state index in [-0.39, 0.29) is 5.41 Å². The molecule has 0 amide bonds. The van der Waals surface area contributed by atoms with Crippen molar-refractivity contribution in [2.24, 2.45) is 0 Å². The predicted octanol–water partition coefficient (Wildman–Crippen LogP) is 3.05. The highest BCUT2D eigenvalue weighted by atomic mass is 35.5. The van der Waals surface area contributed by atoms with E-state index >= 15 is 0 Å². The topological polar surface area (TPSA) is 25.8 Å². The van der Waals surface area contributed by atoms with Crippen molar-refractivity contribution >= 4 is 11.6 Å². The maximum Gasteiger partial charge on any atom is 0.136 e. The largest absolute Gasteiger partial charge is 0.237 e. The van der Waals surface area contributed by atoms with E-state index in [1.165, 1.54) is 12.8 Å². The molecule has 0 aliphatic heterocycles. The van der Waals surface area contributed by atoms with Gasteiger partial charge in [0, 0.05) is 16.7 Å². The van der Waals surface area contributed by atoms with E-state index in [0.29, 0.717) is 5.15 Å². The Balaban J connectivity index is 2.47. The fourth-order valence-electron chi connectivity index (χ4n) is 1.64. The van der Waals surface area contributed by atoms with Crippen LogP contribution in [-0.2, 0) is 11.8 Å². The molecule has 1 saturated carbocycles. The maximum atomic E-state index is 6.12. The smallest absolute Gasteiger partial charge is 0.136 e. The zero-order valence-corrected chi connectivity index (χ0v) is 9.65. The van der Waals surface area contributed by atoms with Gasteiger partial charge in [0.1, 0.15) is 11.0 Å². The molecule has 0 saturated heterocycles. The summed E-state index contributed by atoms with van der Waals surface area (Å²) in [5.74, 6) is 0.928. The van der Waals surface area contributed by atoms with Crippen LogP contribution in [0.4, 0.5) is 0 Å². The summed E-state index contributed by atoms with van der Waals surface area (Å²) in [4.78, 5) is 8.94. The molecule has 0 atom stereocenters. The van der Waals surface area contributed by atoms with Gasteiger partial charge in [-0.3, -0.25) is 0 Å². The Morgan fingerprint density at radius 2 is 2.00 bits per heavy atom. The molecule has 2 rings (SSSR count). The first-order chi connectivity index (χ1) is 6.57. The van der Waals surface area contributed by atoms with Crippen LogP contribution >= 0.6 is 11.6 Å². The molecule has 1 aliphatic carbocycles. The van der Waals surface area contributed by atoms with Crippen molar-refractivity contribution in [1.29, 1.82) is 0 Å². The van der Waals surface area contributed by atoms with Gasteiger partial charge in [0.05, 0.1) is 0 Å². The van der Waals surface area contributed by atoms with Crippen molar-refractivity contribution in [3.8, 4) is 0 Å². The molecular weight excluding hydrogens is 196 g/mol. The van der Waals surface area contributed by atoms with Crippen LogP contribution in [0.3, 0.4) is 0 Å². The standard InChI is InChI=1S/C11H15ClN2/c1-4-8-7(2)13-10(14-9(8)12)11(3)5-6-11/h4-6H2,1-3H3. The Hall–Kier alpha value is -0.630. The SMILES string of the molecule is CCc1c(C)nc(C2(C)CC2)nc1Cl. The van der Waals surface area contributed by atoms with E-state index in [9.17, 15) is 0 Å². The summed E-state index contributed by atoms with van der Waals surface area (Å²) in [5.41, 5.74) is 2.33. The third-order valence-electron chi connectivity index (χ3n) is 3.06. The average molecular weight is 211 g/mol. The minimum absolute atomic E-state index is 0.209. The van der Waals surface area contributed by atoms with Gasteiger partial charge >= 0.3 is 0 Å². The lowest BCUT2D eigenvalue weighted by Crippen LogP contribution is -2.10. The number of halogens is 1. The molecule has 76 valence electrons. The van der Waals surface area contributed by atoms with Gasteiger partial charge in [0.15, 0.2) is 0 Å². The summed E-state index contributed by atoms with van der Waals surface area (Å²) < 4.78 is 0. The Kier molecular flexibility index (Phi) is 2.26. The summed E-state index contributed by atoms with van der Waals surface area (Å²) in [5, 5.41) is 0.642. The fraction of sp³-hybridized carbons (Fsp3) is 0.636. The van der Waals surface area contributed by atoms with Crippen molar-refractivity contribution in [1.82, 2.24) is 9.97 Å². The van der Waals surface area contributed by atoms with Crippen LogP contribution in [0.2, 0.25) is 5.15 Å². The number of hydrogen-bond donors (Lipinski definition) is 0. The lowest BCUT2D eigenvalue weighted by molar-refractivity contribution is 0.698. The highest BCUT2D eigenvalue weighted by molar-refractivity contribution is 6.30. The van der Waals surface area contributed by atoms with Crippen LogP contribution in [0.5, 0.6) is 0 Å². The first kappa shape index (κ1) is 9.91. The Labute approximate surface area is 89.7 Å². The summed E-state index contributed by atoms with van der Waals surface area (Å²) in [6.07, 6.45) is 3.28. The van der Waals surface area contributed by atoms with Gasteiger partial charge in [-0.2, -0.15) is 0 Å². The van der Waals surface area contributed by atoms with Crippen LogP contribution in [0.25, 0.3) is 0 Å². The second kappa shape index (κ2) is 3.20. The van der Waals surface area contributed by atoms with Gasteiger partial charge in [-0.15, -0.1) is 0 Å². The van der Waals surface area contributed by atoms with E-state index in [2.05, 4.69) is 23.8 Å². The van der Waals surface area contributed by atoms with Crippen LogP contribution < -0.4 is 0 Å². The van der Waals surface area contributed by atoms with Crippen molar-refractivity contribution < 1.29 is 0 Å². The van der Waals surface area contributed by atoms with Crippen molar-refractivity contribution in [3.05, 3.63) is 22.2 Å². The van der Waals surface area contributed by atoms with E-state index in [4.69, 9.17) is 11.6 Å². The third-order valence-corrected chi connectivity index (χ3v) is 3.37. The van der Waals surface area contributed by atoms with Gasteiger partial charge in [-0.05, 0) is 26.2 Å². The molecule has 0 radical (unpaired) electrons. The summed E-state index contributed by atoms with van der Waals surface area (Å²) in [6, 6.07) is 0. The van der Waals surface area contributed by atoms with Crippen LogP contribution in [0.15, 0.2) is 0 Å². The van der Waals surface area contributed by atoms with Gasteiger partial charge in [0.25, 0.3) is 0 Å². The normalized spacial score (nSPS) is 18.3. The molecule has 1 aromatic rings. The van der Waals surface area contributed by atoms with Crippen molar-refractivity contribution in [2.45, 2.75) is 45.4 Å². The van der Waals surface area contributed by atoms with Crippen molar-refractivity contribution in [3.63, 3.8) is 0 Å². The van der Waals surface area contributed by atoms with Crippen molar-refractivity contribution in [2.75, 3.05) is 0 Å². The van der Waals surface area contributed by atoms with Crippen LogP contribution in [0.1, 0.15) is 43.8 Å². The van der Waals surface area contributed by atoms with Gasteiger partial charge in [-0.1, -0.05) is 25.4 Å². The summed E-state index contributed by atoms with van der Waals surface area (Å²) >= 11 is 6.12. The zero-order valence-electron chi connectivity index (χ0n) is 8.89. The Morgan fingerprint density at radius 3 is 2.43 bits per heavy atom. The molecule has 0 bridgehead atoms. The quantitative estimate of drug-likeness (QED) is 0.702. The molecule has 2 nitrogen and oxygen atoms in total. The van der Waals surface area contributed by atoms with Gasteiger partial charge in [0.2, 0.25) is 0 Å². The molecule has 0 aromatic carbocycles. The molecule has 0 spiro atoms. The molecule has 1 aliphatic rings. The van der Waals surface area contributed by atoms with Crippen LogP contribution in [0, 0.1) is 6.92 Å². The Bertz CT molecular complexity index is 347. The number of nitrogens with zero attached hydrogens (tertiary/aromatic N) is 2. The van der Waals surface area contributed by atoms with E-state index < -0.39 is 0 Å². The van der Waals surface area contributed by atoms with Crippen LogP contribution in [-0.4, -0.2) is 9.97 Å². The van der Waals surface area contributed by atoms with E-state index in [0.717, 1.165) is 23.5 Å². The van der Waals surface area contributed by atoms with Gasteiger partial charge < -0.3 is 0 Å². The van der Waals surface area contributed by atoms with Gasteiger partial charge in [-0.25, -0.2) is 9.97 Å². The molecular formula is C11H15ClN2. The Morgan fingerprint density at radius 1 is 1.36 bits per heavy atom. The molecule has 1 heterocycles. The number of aromatic nitrogens is 2. The molecule has 1 aromatic heterocycles. The second-order valence-corrected chi connectivity index (χ2v) is 4.67. The van der Waals surface area contributed by atoms with E-state index in [1.807, 2.05) is 6.92 Å². The summed E-state index contributed by atoms with van der Waals surface area (Å²) in [7, 11) is 0. The number of aryl methyl sites for hydroxylation is 1. The highest BCUT2D eigenvalue weighted by Gasteiger charge is 2.42. The zero-order chi connectivity index (χ0) is 10.3. The minimum atomic E-state index is 0.209. The number of rotatable bonds is 2. The highest BCUT2D eigenvalue weighted by Crippen LogP contribution is 2.46.